The third-order valence-electron chi connectivity index (χ3n) is 2.44. The molecule has 0 aliphatic heterocycles. The van der Waals surface area contributed by atoms with E-state index in [0.29, 0.717) is 6.42 Å². The SMILES string of the molecule is CCC(=O)Nc1cc(C)c(C)cc1C. The molecule has 0 unspecified atom stereocenters. The number of nitrogens with one attached hydrogen (secondary N) is 1. The van der Waals surface area contributed by atoms with E-state index in [1.54, 1.807) is 0 Å². The normalized spacial score (nSPS) is 10.0. The summed E-state index contributed by atoms with van der Waals surface area (Å²) >= 11 is 0. The van der Waals surface area contributed by atoms with Crippen molar-refractivity contribution in [3.05, 3.63) is 28.8 Å². The molecule has 0 fully saturated rings. The van der Waals surface area contributed by atoms with Crippen molar-refractivity contribution in [2.75, 3.05) is 5.32 Å². The van der Waals surface area contributed by atoms with E-state index < -0.39 is 0 Å². The molecule has 0 heterocycles. The molecule has 1 aromatic carbocycles. The molecule has 0 atom stereocenters. The van der Waals surface area contributed by atoms with E-state index in [0.717, 1.165) is 11.3 Å². The van der Waals surface area contributed by atoms with Gasteiger partial charge in [0, 0.05) is 12.1 Å². The summed E-state index contributed by atoms with van der Waals surface area (Å²) in [6.07, 6.45) is 0.520. The molecule has 0 aromatic heterocycles. The summed E-state index contributed by atoms with van der Waals surface area (Å²) in [5.41, 5.74) is 4.52. The molecule has 2 nitrogen and oxygen atoms in total. The van der Waals surface area contributed by atoms with E-state index in [4.69, 9.17) is 0 Å². The van der Waals surface area contributed by atoms with Crippen molar-refractivity contribution in [2.24, 2.45) is 0 Å². The van der Waals surface area contributed by atoms with Crippen molar-refractivity contribution in [1.82, 2.24) is 0 Å². The minimum Gasteiger partial charge on any atom is -0.326 e. The second kappa shape index (κ2) is 4.27. The molecule has 14 heavy (non-hydrogen) atoms. The molecule has 0 radical (unpaired) electrons. The molecule has 1 rings (SSSR count). The maximum Gasteiger partial charge on any atom is 0.224 e. The lowest BCUT2D eigenvalue weighted by Gasteiger charge is -2.10. The zero-order valence-electron chi connectivity index (χ0n) is 9.27. The maximum atomic E-state index is 11.2. The van der Waals surface area contributed by atoms with E-state index in [9.17, 15) is 4.79 Å². The fourth-order valence-electron chi connectivity index (χ4n) is 1.33. The molecule has 0 bridgehead atoms. The predicted octanol–water partition coefficient (Wildman–Crippen LogP) is 2.96. The van der Waals surface area contributed by atoms with Crippen LogP contribution in [0.4, 0.5) is 5.69 Å². The third kappa shape index (κ3) is 2.34. The number of rotatable bonds is 2. The van der Waals surface area contributed by atoms with E-state index in [2.05, 4.69) is 25.2 Å². The lowest BCUT2D eigenvalue weighted by atomic mass is 10.0. The molecular formula is C12H17NO. The molecule has 0 aliphatic carbocycles. The summed E-state index contributed by atoms with van der Waals surface area (Å²) in [4.78, 5) is 11.2. The second-order valence-corrected chi connectivity index (χ2v) is 3.65. The smallest absolute Gasteiger partial charge is 0.224 e. The molecule has 0 aliphatic rings. The molecule has 0 saturated carbocycles. The number of hydrogen-bond donors (Lipinski definition) is 1. The topological polar surface area (TPSA) is 29.1 Å². The molecule has 2 heteroatoms. The van der Waals surface area contributed by atoms with Gasteiger partial charge in [0.2, 0.25) is 5.91 Å². The van der Waals surface area contributed by atoms with Crippen molar-refractivity contribution in [1.29, 1.82) is 0 Å². The Morgan fingerprint density at radius 1 is 1.14 bits per heavy atom. The van der Waals surface area contributed by atoms with Gasteiger partial charge in [-0.3, -0.25) is 4.79 Å². The lowest BCUT2D eigenvalue weighted by molar-refractivity contribution is -0.115. The highest BCUT2D eigenvalue weighted by atomic mass is 16.1. The monoisotopic (exact) mass is 191 g/mol. The molecule has 0 spiro atoms. The van der Waals surface area contributed by atoms with E-state index in [1.807, 2.05) is 19.9 Å². The third-order valence-corrected chi connectivity index (χ3v) is 2.44. The largest absolute Gasteiger partial charge is 0.326 e. The highest BCUT2D eigenvalue weighted by Crippen LogP contribution is 2.19. The Kier molecular flexibility index (Phi) is 3.28. The van der Waals surface area contributed by atoms with Crippen molar-refractivity contribution in [3.63, 3.8) is 0 Å². The van der Waals surface area contributed by atoms with E-state index >= 15 is 0 Å². The summed E-state index contributed by atoms with van der Waals surface area (Å²) in [5.74, 6) is 0.0661. The minimum absolute atomic E-state index is 0.0661. The fraction of sp³-hybridized carbons (Fsp3) is 0.417. The molecule has 76 valence electrons. The maximum absolute atomic E-state index is 11.2. The van der Waals surface area contributed by atoms with Gasteiger partial charge in [0.25, 0.3) is 0 Å². The zero-order chi connectivity index (χ0) is 10.7. The van der Waals surface area contributed by atoms with Gasteiger partial charge in [-0.05, 0) is 43.5 Å². The molecule has 1 N–H and O–H groups in total. The van der Waals surface area contributed by atoms with Crippen LogP contribution in [0.2, 0.25) is 0 Å². The van der Waals surface area contributed by atoms with Crippen molar-refractivity contribution >= 4 is 11.6 Å². The van der Waals surface area contributed by atoms with Crippen LogP contribution in [0.15, 0.2) is 12.1 Å². The van der Waals surface area contributed by atoms with Gasteiger partial charge in [-0.25, -0.2) is 0 Å². The van der Waals surface area contributed by atoms with Crippen molar-refractivity contribution < 1.29 is 4.79 Å². The number of carbonyl (C=O) groups is 1. The van der Waals surface area contributed by atoms with Gasteiger partial charge in [0.1, 0.15) is 0 Å². The number of amides is 1. The number of benzene rings is 1. The number of anilines is 1. The van der Waals surface area contributed by atoms with E-state index in [1.165, 1.54) is 11.1 Å². The zero-order valence-corrected chi connectivity index (χ0v) is 9.27. The predicted molar refractivity (Wildman–Crippen MR) is 59.6 cm³/mol. The first kappa shape index (κ1) is 10.8. The highest BCUT2D eigenvalue weighted by Gasteiger charge is 2.04. The average molecular weight is 191 g/mol. The Bertz CT molecular complexity index is 356. The summed E-state index contributed by atoms with van der Waals surface area (Å²) in [7, 11) is 0. The first-order valence-electron chi connectivity index (χ1n) is 4.92. The van der Waals surface area contributed by atoms with Crippen LogP contribution in [0.5, 0.6) is 0 Å². The summed E-state index contributed by atoms with van der Waals surface area (Å²) < 4.78 is 0. The van der Waals surface area contributed by atoms with Gasteiger partial charge >= 0.3 is 0 Å². The first-order chi connectivity index (χ1) is 6.54. The van der Waals surface area contributed by atoms with Gasteiger partial charge < -0.3 is 5.32 Å². The van der Waals surface area contributed by atoms with Crippen molar-refractivity contribution in [3.8, 4) is 0 Å². The summed E-state index contributed by atoms with van der Waals surface area (Å²) in [6.45, 7) is 7.99. The van der Waals surface area contributed by atoms with Gasteiger partial charge in [0.05, 0.1) is 0 Å². The summed E-state index contributed by atoms with van der Waals surface area (Å²) in [5, 5.41) is 2.89. The van der Waals surface area contributed by atoms with Crippen LogP contribution in [-0.4, -0.2) is 5.91 Å². The Morgan fingerprint density at radius 3 is 2.29 bits per heavy atom. The van der Waals surface area contributed by atoms with Gasteiger partial charge in [-0.2, -0.15) is 0 Å². The van der Waals surface area contributed by atoms with Crippen LogP contribution >= 0.6 is 0 Å². The molecular weight excluding hydrogens is 174 g/mol. The lowest BCUT2D eigenvalue weighted by Crippen LogP contribution is -2.10. The Labute approximate surface area is 85.3 Å². The number of hydrogen-bond acceptors (Lipinski definition) is 1. The summed E-state index contributed by atoms with van der Waals surface area (Å²) in [6, 6.07) is 4.12. The molecule has 1 amide bonds. The molecule has 1 aromatic rings. The van der Waals surface area contributed by atoms with Crippen LogP contribution < -0.4 is 5.32 Å². The van der Waals surface area contributed by atoms with Gasteiger partial charge in [-0.15, -0.1) is 0 Å². The Morgan fingerprint density at radius 2 is 1.71 bits per heavy atom. The van der Waals surface area contributed by atoms with Crippen molar-refractivity contribution in [2.45, 2.75) is 34.1 Å². The van der Waals surface area contributed by atoms with Crippen LogP contribution in [0.25, 0.3) is 0 Å². The first-order valence-corrected chi connectivity index (χ1v) is 4.92. The highest BCUT2D eigenvalue weighted by molar-refractivity contribution is 5.91. The number of aryl methyl sites for hydroxylation is 3. The van der Waals surface area contributed by atoms with Gasteiger partial charge in [-0.1, -0.05) is 13.0 Å². The van der Waals surface area contributed by atoms with Gasteiger partial charge in [0.15, 0.2) is 0 Å². The van der Waals surface area contributed by atoms with Crippen LogP contribution in [0, 0.1) is 20.8 Å². The Balaban J connectivity index is 2.98. The quantitative estimate of drug-likeness (QED) is 0.765. The van der Waals surface area contributed by atoms with E-state index in [-0.39, 0.29) is 5.91 Å². The second-order valence-electron chi connectivity index (χ2n) is 3.65. The van der Waals surface area contributed by atoms with Crippen LogP contribution in [-0.2, 0) is 4.79 Å². The molecule has 0 saturated heterocycles. The minimum atomic E-state index is 0.0661. The fourth-order valence-corrected chi connectivity index (χ4v) is 1.33. The Hall–Kier alpha value is -1.31. The standard InChI is InChI=1S/C12H17NO/c1-5-12(14)13-11-7-9(3)8(2)6-10(11)4/h6-7H,5H2,1-4H3,(H,13,14). The van der Waals surface area contributed by atoms with Crippen LogP contribution in [0.1, 0.15) is 30.0 Å². The average Bonchev–Trinajstić information content (AvgIpc) is 2.14. The number of carbonyl (C=O) groups excluding carboxylic acids is 1. The van der Waals surface area contributed by atoms with Crippen LogP contribution in [0.3, 0.4) is 0 Å².